The molecule has 0 amide bonds. The van der Waals surface area contributed by atoms with Gasteiger partial charge in [0.05, 0.1) is 6.61 Å². The number of aliphatic hydroxyl groups is 1. The van der Waals surface area contributed by atoms with Crippen LogP contribution in [0.25, 0.3) is 0 Å². The number of unbranched alkanes of at least 4 members (excludes halogenated alkanes) is 12. The van der Waals surface area contributed by atoms with E-state index >= 15 is 0 Å². The van der Waals surface area contributed by atoms with E-state index in [0.29, 0.717) is 6.42 Å². The second-order valence-electron chi connectivity index (χ2n) is 7.34. The lowest BCUT2D eigenvalue weighted by molar-refractivity contribution is -0.138. The Hall–Kier alpha value is -1.18. The van der Waals surface area contributed by atoms with Crippen molar-refractivity contribution in [3.8, 4) is 0 Å². The van der Waals surface area contributed by atoms with Gasteiger partial charge in [-0.25, -0.2) is 0 Å². The van der Waals surface area contributed by atoms with Crippen molar-refractivity contribution < 1.29 is 24.9 Å². The molecular formula is C21H44N2O5. The highest BCUT2D eigenvalue weighted by Crippen LogP contribution is 2.12. The average molecular weight is 405 g/mol. The molecule has 0 aromatic heterocycles. The second kappa shape index (κ2) is 23.9. The largest absolute Gasteiger partial charge is 0.481 e. The predicted octanol–water partition coefficient (Wildman–Crippen LogP) is 3.53. The summed E-state index contributed by atoms with van der Waals surface area (Å²) in [5.41, 5.74) is 4.84. The Morgan fingerprint density at radius 2 is 1.11 bits per heavy atom. The number of aliphatic carboxylic acids is 2. The molecule has 6 N–H and O–H groups in total. The summed E-state index contributed by atoms with van der Waals surface area (Å²) in [6.45, 7) is 3.41. The quantitative estimate of drug-likeness (QED) is 0.208. The smallest absolute Gasteiger partial charge is 0.320 e. The van der Waals surface area contributed by atoms with Gasteiger partial charge in [0.1, 0.15) is 6.04 Å². The van der Waals surface area contributed by atoms with Gasteiger partial charge in [-0.05, 0) is 26.3 Å². The van der Waals surface area contributed by atoms with E-state index in [1.165, 1.54) is 77.6 Å². The number of aliphatic hydroxyl groups excluding tert-OH is 1. The number of nitrogens with two attached hydrogens (primary N) is 1. The maximum absolute atomic E-state index is 10.3. The summed E-state index contributed by atoms with van der Waals surface area (Å²) in [4.78, 5) is 19.9. The van der Waals surface area contributed by atoms with Crippen molar-refractivity contribution in [2.24, 2.45) is 5.73 Å². The molecule has 0 saturated heterocycles. The molecule has 0 heterocycles. The molecule has 0 unspecified atom stereocenters. The highest BCUT2D eigenvalue weighted by molar-refractivity contribution is 5.72. The predicted molar refractivity (Wildman–Crippen MR) is 114 cm³/mol. The zero-order chi connectivity index (χ0) is 21.5. The van der Waals surface area contributed by atoms with Crippen molar-refractivity contribution in [3.05, 3.63) is 0 Å². The number of nitrogens with one attached hydrogen (secondary N) is 1. The van der Waals surface area contributed by atoms with E-state index in [2.05, 4.69) is 5.32 Å². The number of hydrogen-bond acceptors (Lipinski definition) is 5. The first kappa shape index (κ1) is 29.0. The molecule has 0 aromatic carbocycles. The first-order valence-electron chi connectivity index (χ1n) is 10.9. The van der Waals surface area contributed by atoms with Gasteiger partial charge in [-0.3, -0.25) is 9.59 Å². The minimum Gasteiger partial charge on any atom is -0.481 e. The topological polar surface area (TPSA) is 133 Å². The lowest BCUT2D eigenvalue weighted by Crippen LogP contribution is -2.25. The van der Waals surface area contributed by atoms with Gasteiger partial charge in [-0.1, -0.05) is 70.6 Å². The van der Waals surface area contributed by atoms with Crippen LogP contribution in [0.15, 0.2) is 0 Å². The Morgan fingerprint density at radius 3 is 1.43 bits per heavy atom. The number of rotatable bonds is 19. The van der Waals surface area contributed by atoms with Crippen molar-refractivity contribution >= 4 is 11.9 Å². The van der Waals surface area contributed by atoms with Crippen molar-refractivity contribution in [3.63, 3.8) is 0 Å². The van der Waals surface area contributed by atoms with Crippen LogP contribution >= 0.6 is 0 Å². The number of carboxylic acids is 2. The van der Waals surface area contributed by atoms with Crippen LogP contribution in [0.1, 0.15) is 96.8 Å². The molecule has 7 heteroatoms. The van der Waals surface area contributed by atoms with Crippen molar-refractivity contribution in [1.82, 2.24) is 5.32 Å². The maximum Gasteiger partial charge on any atom is 0.320 e. The average Bonchev–Trinajstić information content (AvgIpc) is 2.64. The summed E-state index contributed by atoms with van der Waals surface area (Å²) in [5, 5.41) is 28.2. The monoisotopic (exact) mass is 404 g/mol. The van der Waals surface area contributed by atoms with Gasteiger partial charge in [0.2, 0.25) is 0 Å². The Balaban J connectivity index is 0. The molecular weight excluding hydrogens is 360 g/mol. The van der Waals surface area contributed by atoms with Crippen molar-refractivity contribution in [2.75, 3.05) is 19.7 Å². The summed E-state index contributed by atoms with van der Waals surface area (Å²) < 4.78 is 0. The maximum atomic E-state index is 10.3. The molecule has 168 valence electrons. The van der Waals surface area contributed by atoms with E-state index < -0.39 is 18.0 Å². The normalized spacial score (nSPS) is 11.5. The minimum absolute atomic E-state index is 0.238. The van der Waals surface area contributed by atoms with Gasteiger partial charge in [0.15, 0.2) is 0 Å². The van der Waals surface area contributed by atoms with Crippen molar-refractivity contribution in [1.29, 1.82) is 0 Å². The SMILES string of the molecule is C[C@H](N)C(=O)O.O=C(O)CCCCCCCCCCCCCCCNCCO. The highest BCUT2D eigenvalue weighted by Gasteiger charge is 1.99. The summed E-state index contributed by atoms with van der Waals surface area (Å²) in [6, 6.07) is -0.731. The molecule has 0 fully saturated rings. The van der Waals surface area contributed by atoms with E-state index in [1.54, 1.807) is 0 Å². The van der Waals surface area contributed by atoms with Gasteiger partial charge < -0.3 is 26.4 Å². The van der Waals surface area contributed by atoms with Crippen LogP contribution in [0.2, 0.25) is 0 Å². The van der Waals surface area contributed by atoms with E-state index in [4.69, 9.17) is 21.1 Å². The zero-order valence-electron chi connectivity index (χ0n) is 17.8. The van der Waals surface area contributed by atoms with Crippen LogP contribution in [0.5, 0.6) is 0 Å². The highest BCUT2D eigenvalue weighted by atomic mass is 16.4. The Bertz CT molecular complexity index is 352. The third kappa shape index (κ3) is 29.6. The van der Waals surface area contributed by atoms with Crippen LogP contribution in [0, 0.1) is 0 Å². The van der Waals surface area contributed by atoms with Gasteiger partial charge >= 0.3 is 11.9 Å². The van der Waals surface area contributed by atoms with Crippen molar-refractivity contribution in [2.45, 2.75) is 103 Å². The fourth-order valence-electron chi connectivity index (χ4n) is 2.67. The fourth-order valence-corrected chi connectivity index (χ4v) is 2.67. The summed E-state index contributed by atoms with van der Waals surface area (Å²) in [5.74, 6) is -1.63. The molecule has 0 aliphatic carbocycles. The third-order valence-electron chi connectivity index (χ3n) is 4.42. The minimum atomic E-state index is -0.963. The molecule has 0 aliphatic heterocycles. The summed E-state index contributed by atoms with van der Waals surface area (Å²) >= 11 is 0. The number of carbonyl (C=O) groups is 2. The Morgan fingerprint density at radius 1 is 0.750 bits per heavy atom. The van der Waals surface area contributed by atoms with Gasteiger partial charge in [0.25, 0.3) is 0 Å². The standard InChI is InChI=1S/C18H37NO3.C3H7NO2/c20-17-16-19-15-13-11-9-7-5-3-1-2-4-6-8-10-12-14-18(21)22;1-2(4)3(5)6/h19-20H,1-17H2,(H,21,22);2H,4H2,1H3,(H,5,6)/t;2-/m.0/s1. The lowest BCUT2D eigenvalue weighted by Gasteiger charge is -2.04. The van der Waals surface area contributed by atoms with Crippen LogP contribution in [0.3, 0.4) is 0 Å². The van der Waals surface area contributed by atoms with Crippen LogP contribution in [0.4, 0.5) is 0 Å². The third-order valence-corrected chi connectivity index (χ3v) is 4.42. The lowest BCUT2D eigenvalue weighted by atomic mass is 10.0. The molecule has 0 bridgehead atoms. The molecule has 0 radical (unpaired) electrons. The number of hydrogen-bond donors (Lipinski definition) is 5. The molecule has 0 saturated carbocycles. The molecule has 28 heavy (non-hydrogen) atoms. The molecule has 0 rings (SSSR count). The van der Waals surface area contributed by atoms with E-state index in [1.807, 2.05) is 0 Å². The number of carboxylic acid groups (broad SMARTS) is 2. The Kier molecular flexibility index (Phi) is 24.7. The first-order valence-corrected chi connectivity index (χ1v) is 10.9. The van der Waals surface area contributed by atoms with Crippen LogP contribution < -0.4 is 11.1 Å². The van der Waals surface area contributed by atoms with Crippen LogP contribution in [-0.2, 0) is 9.59 Å². The van der Waals surface area contributed by atoms with Crippen LogP contribution in [-0.4, -0.2) is 53.0 Å². The first-order chi connectivity index (χ1) is 13.4. The summed E-state index contributed by atoms with van der Waals surface area (Å²) in [6.07, 6.45) is 16.6. The van der Waals surface area contributed by atoms with Gasteiger partial charge in [0, 0.05) is 13.0 Å². The zero-order valence-corrected chi connectivity index (χ0v) is 17.8. The van der Waals surface area contributed by atoms with Gasteiger partial charge in [-0.15, -0.1) is 0 Å². The second-order valence-corrected chi connectivity index (χ2v) is 7.34. The molecule has 0 spiro atoms. The van der Waals surface area contributed by atoms with E-state index in [-0.39, 0.29) is 6.61 Å². The molecule has 1 atom stereocenters. The molecule has 0 aromatic rings. The summed E-state index contributed by atoms with van der Waals surface area (Å²) in [7, 11) is 0. The fraction of sp³-hybridized carbons (Fsp3) is 0.905. The van der Waals surface area contributed by atoms with Gasteiger partial charge in [-0.2, -0.15) is 0 Å². The van der Waals surface area contributed by atoms with E-state index in [0.717, 1.165) is 25.9 Å². The molecule has 7 nitrogen and oxygen atoms in total. The Labute approximate surface area is 171 Å². The molecule has 0 aliphatic rings. The van der Waals surface area contributed by atoms with E-state index in [9.17, 15) is 9.59 Å².